The fraction of sp³-hybridized carbons (Fsp3) is 0.200. The second-order valence-electron chi connectivity index (χ2n) is 5.66. The van der Waals surface area contributed by atoms with E-state index in [4.69, 9.17) is 0 Å². The molecule has 1 aromatic heterocycles. The van der Waals surface area contributed by atoms with Crippen LogP contribution in [-0.2, 0) is 0 Å². The quantitative estimate of drug-likeness (QED) is 0.311. The lowest BCUT2D eigenvalue weighted by Gasteiger charge is -2.04. The maximum atomic E-state index is 3.91. The van der Waals surface area contributed by atoms with Crippen molar-refractivity contribution in [2.75, 3.05) is 0 Å². The van der Waals surface area contributed by atoms with Crippen molar-refractivity contribution in [3.8, 4) is 0 Å². The SMILES string of the molecule is C=C/C(=C\C)c1cc(Br)c2c(c1)[nH]c1c3ccccc3ccc12.CC.CC. The summed E-state index contributed by atoms with van der Waals surface area (Å²) in [7, 11) is 0. The van der Waals surface area contributed by atoms with Gasteiger partial charge in [0.15, 0.2) is 0 Å². The van der Waals surface area contributed by atoms with E-state index in [9.17, 15) is 0 Å². The van der Waals surface area contributed by atoms with Gasteiger partial charge in [0.05, 0.1) is 5.52 Å². The van der Waals surface area contributed by atoms with Gasteiger partial charge in [-0.1, -0.05) is 98.8 Å². The molecule has 0 fully saturated rings. The Labute approximate surface area is 170 Å². The van der Waals surface area contributed by atoms with E-state index in [0.717, 1.165) is 21.1 Å². The lowest BCUT2D eigenvalue weighted by Crippen LogP contribution is -1.82. The number of aromatic nitrogens is 1. The number of halogens is 1. The summed E-state index contributed by atoms with van der Waals surface area (Å²) in [6, 6.07) is 17.2. The van der Waals surface area contributed by atoms with Crippen molar-refractivity contribution < 1.29 is 0 Å². The number of fused-ring (bicyclic) bond motifs is 5. The predicted molar refractivity (Wildman–Crippen MR) is 128 cm³/mol. The van der Waals surface area contributed by atoms with Gasteiger partial charge in [0, 0.05) is 26.1 Å². The number of hydrogen-bond donors (Lipinski definition) is 1. The van der Waals surface area contributed by atoms with E-state index in [1.165, 1.54) is 27.1 Å². The van der Waals surface area contributed by atoms with Crippen LogP contribution in [0.25, 0.3) is 38.2 Å². The fourth-order valence-electron chi connectivity index (χ4n) is 3.30. The van der Waals surface area contributed by atoms with Gasteiger partial charge in [-0.25, -0.2) is 0 Å². The van der Waals surface area contributed by atoms with Gasteiger partial charge in [0.1, 0.15) is 0 Å². The Balaban J connectivity index is 0.000000614. The lowest BCUT2D eigenvalue weighted by molar-refractivity contribution is 1.50. The topological polar surface area (TPSA) is 15.8 Å². The largest absolute Gasteiger partial charge is 0.354 e. The van der Waals surface area contributed by atoms with Gasteiger partial charge >= 0.3 is 0 Å². The maximum absolute atomic E-state index is 3.91. The minimum absolute atomic E-state index is 1.10. The van der Waals surface area contributed by atoms with Crippen molar-refractivity contribution >= 4 is 54.1 Å². The molecule has 0 amide bonds. The minimum Gasteiger partial charge on any atom is -0.354 e. The van der Waals surface area contributed by atoms with Gasteiger partial charge in [-0.2, -0.15) is 0 Å². The number of benzene rings is 3. The van der Waals surface area contributed by atoms with E-state index in [-0.39, 0.29) is 0 Å². The van der Waals surface area contributed by atoms with Gasteiger partial charge in [-0.3, -0.25) is 0 Å². The van der Waals surface area contributed by atoms with Crippen molar-refractivity contribution in [2.45, 2.75) is 34.6 Å². The zero-order chi connectivity index (χ0) is 20.0. The predicted octanol–water partition coefficient (Wildman–Crippen LogP) is 8.88. The highest BCUT2D eigenvalue weighted by Crippen LogP contribution is 2.37. The molecule has 0 atom stereocenters. The molecule has 0 saturated heterocycles. The van der Waals surface area contributed by atoms with Crippen LogP contribution in [0.4, 0.5) is 0 Å². The highest BCUT2D eigenvalue weighted by Gasteiger charge is 2.12. The highest BCUT2D eigenvalue weighted by molar-refractivity contribution is 9.10. The zero-order valence-electron chi connectivity index (χ0n) is 16.9. The maximum Gasteiger partial charge on any atom is 0.0544 e. The van der Waals surface area contributed by atoms with Crippen molar-refractivity contribution in [1.29, 1.82) is 0 Å². The summed E-state index contributed by atoms with van der Waals surface area (Å²) in [5.41, 5.74) is 4.63. The monoisotopic (exact) mass is 421 g/mol. The van der Waals surface area contributed by atoms with Crippen LogP contribution in [0.3, 0.4) is 0 Å². The number of nitrogens with one attached hydrogen (secondary N) is 1. The first-order valence-electron chi connectivity index (χ1n) is 9.64. The van der Waals surface area contributed by atoms with Gasteiger partial charge in [0.2, 0.25) is 0 Å². The van der Waals surface area contributed by atoms with Gasteiger partial charge < -0.3 is 4.98 Å². The Hall–Kier alpha value is -2.32. The molecule has 27 heavy (non-hydrogen) atoms. The van der Waals surface area contributed by atoms with Crippen molar-refractivity contribution in [2.24, 2.45) is 0 Å². The van der Waals surface area contributed by atoms with Crippen LogP contribution in [0.1, 0.15) is 40.2 Å². The molecule has 0 spiro atoms. The second kappa shape index (κ2) is 9.57. The first-order chi connectivity index (χ1) is 13.2. The van der Waals surface area contributed by atoms with Crippen LogP contribution in [0.15, 0.2) is 71.7 Å². The van der Waals surface area contributed by atoms with E-state index < -0.39 is 0 Å². The van der Waals surface area contributed by atoms with Crippen molar-refractivity contribution in [1.82, 2.24) is 4.98 Å². The van der Waals surface area contributed by atoms with E-state index in [0.29, 0.717) is 0 Å². The molecule has 1 heterocycles. The Kier molecular flexibility index (Phi) is 7.44. The minimum atomic E-state index is 1.10. The first-order valence-corrected chi connectivity index (χ1v) is 10.4. The number of hydrogen-bond acceptors (Lipinski definition) is 0. The molecule has 0 aliphatic rings. The average Bonchev–Trinajstić information content (AvgIpc) is 3.11. The zero-order valence-corrected chi connectivity index (χ0v) is 18.4. The molecule has 0 radical (unpaired) electrons. The second-order valence-corrected chi connectivity index (χ2v) is 6.52. The van der Waals surface area contributed by atoms with Crippen LogP contribution in [0.2, 0.25) is 0 Å². The molecule has 0 saturated carbocycles. The van der Waals surface area contributed by atoms with Crippen LogP contribution in [0.5, 0.6) is 0 Å². The number of rotatable bonds is 2. The van der Waals surface area contributed by atoms with Crippen LogP contribution < -0.4 is 0 Å². The molecular formula is C25H28BrN. The van der Waals surface area contributed by atoms with E-state index in [1.807, 2.05) is 40.7 Å². The standard InChI is InChI=1S/C21H16BrN.2C2H6/c1-3-13(4-2)15-11-18(22)20-17-10-9-14-7-5-6-8-16(14)21(17)23-19(20)12-15;2*1-2/h3-12,23H,1H2,2H3;2*1-2H3/b13-4+;;. The Morgan fingerprint density at radius 2 is 1.67 bits per heavy atom. The number of aromatic amines is 1. The molecule has 2 heteroatoms. The smallest absolute Gasteiger partial charge is 0.0544 e. The third-order valence-corrected chi connectivity index (χ3v) is 5.04. The highest BCUT2D eigenvalue weighted by atomic mass is 79.9. The van der Waals surface area contributed by atoms with Crippen LogP contribution >= 0.6 is 15.9 Å². The summed E-state index contributed by atoms with van der Waals surface area (Å²) in [5.74, 6) is 0. The summed E-state index contributed by atoms with van der Waals surface area (Å²) in [4.78, 5) is 3.61. The molecule has 4 rings (SSSR count). The lowest BCUT2D eigenvalue weighted by atomic mass is 10.0. The van der Waals surface area contributed by atoms with E-state index in [1.54, 1.807) is 0 Å². The molecule has 0 aliphatic heterocycles. The van der Waals surface area contributed by atoms with Crippen LogP contribution in [-0.4, -0.2) is 4.98 Å². The summed E-state index contributed by atoms with van der Waals surface area (Å²) in [5, 5.41) is 4.99. The summed E-state index contributed by atoms with van der Waals surface area (Å²) in [6.07, 6.45) is 3.98. The van der Waals surface area contributed by atoms with Crippen molar-refractivity contribution in [3.05, 3.63) is 77.3 Å². The summed E-state index contributed by atoms with van der Waals surface area (Å²) < 4.78 is 1.10. The number of allylic oxidation sites excluding steroid dienone is 3. The average molecular weight is 422 g/mol. The van der Waals surface area contributed by atoms with Gasteiger partial charge in [-0.05, 0) is 35.6 Å². The Morgan fingerprint density at radius 3 is 2.33 bits per heavy atom. The molecule has 0 bridgehead atoms. The Bertz CT molecular complexity index is 1100. The van der Waals surface area contributed by atoms with E-state index in [2.05, 4.69) is 82.1 Å². The molecule has 0 aliphatic carbocycles. The molecule has 1 nitrogen and oxygen atoms in total. The van der Waals surface area contributed by atoms with Crippen molar-refractivity contribution in [3.63, 3.8) is 0 Å². The normalized spacial score (nSPS) is 11.0. The van der Waals surface area contributed by atoms with Gasteiger partial charge in [0.25, 0.3) is 0 Å². The van der Waals surface area contributed by atoms with Crippen LogP contribution in [0, 0.1) is 0 Å². The molecule has 140 valence electrons. The molecule has 1 N–H and O–H groups in total. The fourth-order valence-corrected chi connectivity index (χ4v) is 3.97. The molecule has 0 unspecified atom stereocenters. The third kappa shape index (κ3) is 3.86. The number of H-pyrrole nitrogens is 1. The summed E-state index contributed by atoms with van der Waals surface area (Å²) in [6.45, 7) is 13.9. The molecule has 3 aromatic carbocycles. The molecule has 4 aromatic rings. The van der Waals surface area contributed by atoms with E-state index >= 15 is 0 Å². The third-order valence-electron chi connectivity index (χ3n) is 4.41. The molecular weight excluding hydrogens is 394 g/mol. The Morgan fingerprint density at radius 1 is 0.963 bits per heavy atom. The first kappa shape index (κ1) is 21.0. The van der Waals surface area contributed by atoms with Gasteiger partial charge in [-0.15, -0.1) is 0 Å². The summed E-state index contributed by atoms with van der Waals surface area (Å²) >= 11 is 3.76.